The molecule has 3 aromatic carbocycles. The number of hydrogen-bond donors (Lipinski definition) is 2. The lowest BCUT2D eigenvalue weighted by Crippen LogP contribution is -2.10. The second-order valence-corrected chi connectivity index (χ2v) is 8.21. The van der Waals surface area contributed by atoms with Crippen molar-refractivity contribution >= 4 is 0 Å². The summed E-state index contributed by atoms with van der Waals surface area (Å²) in [4.78, 5) is 0. The number of ether oxygens (including phenoxy) is 4. The second-order valence-electron chi connectivity index (χ2n) is 8.21. The number of methoxy groups -OCH3 is 4. The molecular weight excluding hydrogens is 432 g/mol. The van der Waals surface area contributed by atoms with Gasteiger partial charge in [0.15, 0.2) is 11.5 Å². The van der Waals surface area contributed by atoms with Gasteiger partial charge in [-0.3, -0.25) is 0 Å². The van der Waals surface area contributed by atoms with E-state index in [2.05, 4.69) is 19.9 Å². The minimum Gasteiger partial charge on any atom is -0.497 e. The van der Waals surface area contributed by atoms with Crippen LogP contribution in [0.3, 0.4) is 0 Å². The normalized spacial score (nSPS) is 12.7. The Morgan fingerprint density at radius 2 is 1.32 bits per heavy atom. The van der Waals surface area contributed by atoms with Crippen LogP contribution in [0, 0.1) is 0 Å². The zero-order valence-electron chi connectivity index (χ0n) is 20.7. The Hall–Kier alpha value is -3.22. The first-order valence-corrected chi connectivity index (χ1v) is 11.2. The summed E-state index contributed by atoms with van der Waals surface area (Å²) >= 11 is 0. The molecule has 2 N–H and O–H groups in total. The quantitative estimate of drug-likeness (QED) is 0.437. The van der Waals surface area contributed by atoms with E-state index in [1.807, 2.05) is 42.5 Å². The average Bonchev–Trinajstić information content (AvgIpc) is 2.90. The molecule has 0 radical (unpaired) electrons. The zero-order valence-corrected chi connectivity index (χ0v) is 20.7. The largest absolute Gasteiger partial charge is 0.497 e. The molecule has 0 spiro atoms. The molecule has 0 fully saturated rings. The van der Waals surface area contributed by atoms with E-state index >= 15 is 0 Å². The minimum absolute atomic E-state index is 0.00172. The summed E-state index contributed by atoms with van der Waals surface area (Å²) in [6.07, 6.45) is 0. The van der Waals surface area contributed by atoms with Crippen LogP contribution < -0.4 is 18.9 Å². The number of benzene rings is 3. The van der Waals surface area contributed by atoms with Crippen LogP contribution in [0.25, 0.3) is 0 Å². The van der Waals surface area contributed by atoms with Gasteiger partial charge in [0.2, 0.25) is 0 Å². The van der Waals surface area contributed by atoms with Gasteiger partial charge in [0.25, 0.3) is 0 Å². The summed E-state index contributed by atoms with van der Waals surface area (Å²) in [5.74, 6) is 2.42. The molecule has 34 heavy (non-hydrogen) atoms. The van der Waals surface area contributed by atoms with Crippen molar-refractivity contribution in [2.24, 2.45) is 0 Å². The van der Waals surface area contributed by atoms with Crippen molar-refractivity contribution in [3.63, 3.8) is 0 Å². The van der Waals surface area contributed by atoms with Gasteiger partial charge in [0.1, 0.15) is 11.5 Å². The molecular formula is C28H34O6. The van der Waals surface area contributed by atoms with E-state index in [4.69, 9.17) is 18.9 Å². The molecule has 3 rings (SSSR count). The van der Waals surface area contributed by atoms with E-state index in [0.717, 1.165) is 27.8 Å². The predicted molar refractivity (Wildman–Crippen MR) is 132 cm³/mol. The molecule has 0 amide bonds. The van der Waals surface area contributed by atoms with Gasteiger partial charge < -0.3 is 29.2 Å². The van der Waals surface area contributed by atoms with Gasteiger partial charge in [-0.15, -0.1) is 0 Å². The van der Waals surface area contributed by atoms with Crippen molar-refractivity contribution in [1.29, 1.82) is 0 Å². The van der Waals surface area contributed by atoms with Crippen molar-refractivity contribution in [1.82, 2.24) is 0 Å². The molecule has 0 bridgehead atoms. The Morgan fingerprint density at radius 3 is 1.85 bits per heavy atom. The van der Waals surface area contributed by atoms with Gasteiger partial charge >= 0.3 is 0 Å². The van der Waals surface area contributed by atoms with Gasteiger partial charge in [0.05, 0.1) is 41.7 Å². The highest BCUT2D eigenvalue weighted by atomic mass is 16.5. The van der Waals surface area contributed by atoms with Gasteiger partial charge in [-0.2, -0.15) is 0 Å². The van der Waals surface area contributed by atoms with Crippen molar-refractivity contribution in [3.05, 3.63) is 81.9 Å². The number of rotatable bonds is 10. The SMILES string of the molecule is COc1ccc(C(C)c2cc(C(C)c3ccc(CO)cc3)c(CO)c(OC)c2OC)c(OC)c1. The highest BCUT2D eigenvalue weighted by Gasteiger charge is 2.27. The van der Waals surface area contributed by atoms with E-state index in [0.29, 0.717) is 28.6 Å². The first-order chi connectivity index (χ1) is 16.4. The van der Waals surface area contributed by atoms with E-state index in [1.54, 1.807) is 28.4 Å². The van der Waals surface area contributed by atoms with Crippen LogP contribution in [0.15, 0.2) is 48.5 Å². The maximum atomic E-state index is 10.3. The molecule has 182 valence electrons. The Morgan fingerprint density at radius 1 is 0.647 bits per heavy atom. The Balaban J connectivity index is 2.21. The fourth-order valence-electron chi connectivity index (χ4n) is 4.45. The van der Waals surface area contributed by atoms with Crippen LogP contribution in [0.2, 0.25) is 0 Å². The molecule has 0 aromatic heterocycles. The van der Waals surface area contributed by atoms with Crippen LogP contribution in [-0.4, -0.2) is 38.7 Å². The summed E-state index contributed by atoms with van der Waals surface area (Å²) < 4.78 is 22.6. The Labute approximate surface area is 201 Å². The number of aliphatic hydroxyl groups is 2. The number of aliphatic hydroxyl groups excluding tert-OH is 2. The maximum absolute atomic E-state index is 10.3. The molecule has 0 aliphatic heterocycles. The minimum atomic E-state index is -0.186. The highest BCUT2D eigenvalue weighted by Crippen LogP contribution is 2.46. The standard InChI is InChI=1S/C28H34O6/c1-17(20-9-7-19(15-29)8-10-20)23-14-24(27(33-5)28(34-6)25(23)16-30)18(2)22-12-11-21(31-3)13-26(22)32-4/h7-14,17-18,29-30H,15-16H2,1-6H3. The van der Waals surface area contributed by atoms with Gasteiger partial charge in [-0.1, -0.05) is 50.2 Å². The van der Waals surface area contributed by atoms with Crippen molar-refractivity contribution < 1.29 is 29.2 Å². The van der Waals surface area contributed by atoms with Crippen LogP contribution in [0.1, 0.15) is 59.1 Å². The second kappa shape index (κ2) is 11.3. The van der Waals surface area contributed by atoms with Gasteiger partial charge in [0, 0.05) is 34.6 Å². The molecule has 6 heteroatoms. The molecule has 0 saturated heterocycles. The van der Waals surface area contributed by atoms with E-state index < -0.39 is 0 Å². The lowest BCUT2D eigenvalue weighted by molar-refractivity contribution is 0.267. The molecule has 0 saturated carbocycles. The summed E-state index contributed by atoms with van der Waals surface area (Å²) in [5, 5.41) is 19.7. The van der Waals surface area contributed by atoms with Gasteiger partial charge in [-0.25, -0.2) is 0 Å². The van der Waals surface area contributed by atoms with Crippen LogP contribution in [-0.2, 0) is 13.2 Å². The molecule has 2 atom stereocenters. The van der Waals surface area contributed by atoms with Gasteiger partial charge in [-0.05, 0) is 22.8 Å². The fourth-order valence-corrected chi connectivity index (χ4v) is 4.45. The first-order valence-electron chi connectivity index (χ1n) is 11.2. The Bertz CT molecular complexity index is 1110. The summed E-state index contributed by atoms with van der Waals surface area (Å²) in [6.45, 7) is 3.99. The zero-order chi connectivity index (χ0) is 24.8. The molecule has 0 heterocycles. The summed E-state index contributed by atoms with van der Waals surface area (Å²) in [7, 11) is 6.46. The molecule has 3 aromatic rings. The van der Waals surface area contributed by atoms with E-state index in [-0.39, 0.29) is 25.0 Å². The lowest BCUT2D eigenvalue weighted by atomic mass is 9.83. The maximum Gasteiger partial charge on any atom is 0.166 e. The third kappa shape index (κ3) is 4.83. The first kappa shape index (κ1) is 25.4. The lowest BCUT2D eigenvalue weighted by Gasteiger charge is -2.26. The summed E-state index contributed by atoms with van der Waals surface area (Å²) in [5.41, 5.74) is 5.47. The molecule has 0 aliphatic carbocycles. The van der Waals surface area contributed by atoms with Crippen LogP contribution in [0.5, 0.6) is 23.0 Å². The smallest absolute Gasteiger partial charge is 0.166 e. The van der Waals surface area contributed by atoms with E-state index in [1.165, 1.54) is 0 Å². The fraction of sp³-hybridized carbons (Fsp3) is 0.357. The van der Waals surface area contributed by atoms with E-state index in [9.17, 15) is 10.2 Å². The molecule has 2 unspecified atom stereocenters. The van der Waals surface area contributed by atoms with Crippen molar-refractivity contribution in [2.75, 3.05) is 28.4 Å². The third-order valence-electron chi connectivity index (χ3n) is 6.47. The molecule has 0 aliphatic rings. The predicted octanol–water partition coefficient (Wildman–Crippen LogP) is 5.01. The van der Waals surface area contributed by atoms with Crippen molar-refractivity contribution in [3.8, 4) is 23.0 Å². The highest BCUT2D eigenvalue weighted by molar-refractivity contribution is 5.61. The van der Waals surface area contributed by atoms with Crippen LogP contribution >= 0.6 is 0 Å². The molecule has 6 nitrogen and oxygen atoms in total. The summed E-state index contributed by atoms with van der Waals surface area (Å²) in [6, 6.07) is 15.7. The van der Waals surface area contributed by atoms with Crippen LogP contribution in [0.4, 0.5) is 0 Å². The average molecular weight is 467 g/mol. The Kier molecular flexibility index (Phi) is 8.42. The monoisotopic (exact) mass is 466 g/mol. The topological polar surface area (TPSA) is 77.4 Å². The third-order valence-corrected chi connectivity index (χ3v) is 6.47. The number of hydrogen-bond acceptors (Lipinski definition) is 6. The van der Waals surface area contributed by atoms with Crippen molar-refractivity contribution in [2.45, 2.75) is 38.9 Å².